The van der Waals surface area contributed by atoms with Crippen LogP contribution in [0.25, 0.3) is 0 Å². The van der Waals surface area contributed by atoms with Crippen LogP contribution in [0.4, 0.5) is 0 Å². The van der Waals surface area contributed by atoms with E-state index in [1.807, 2.05) is 24.3 Å². The van der Waals surface area contributed by atoms with Crippen molar-refractivity contribution < 1.29 is 14.0 Å². The third kappa shape index (κ3) is 3.65. The highest BCUT2D eigenvalue weighted by Crippen LogP contribution is 2.26. The second-order valence-corrected chi connectivity index (χ2v) is 4.61. The van der Waals surface area contributed by atoms with Gasteiger partial charge in [-0.15, -0.1) is 0 Å². The molecule has 3 nitrogen and oxygen atoms in total. The molecule has 0 saturated carbocycles. The summed E-state index contributed by atoms with van der Waals surface area (Å²) >= 11 is 0. The Morgan fingerprint density at radius 1 is 1.05 bits per heavy atom. The predicted octanol–water partition coefficient (Wildman–Crippen LogP) is 3.62. The first kappa shape index (κ1) is 13.3. The fourth-order valence-electron chi connectivity index (χ4n) is 2.11. The molecule has 0 bridgehead atoms. The number of carbonyl (C=O) groups excluding carboxylic acids is 2. The van der Waals surface area contributed by atoms with Crippen molar-refractivity contribution in [2.45, 2.75) is 25.7 Å². The molecule has 0 fully saturated rings. The van der Waals surface area contributed by atoms with Crippen molar-refractivity contribution in [2.24, 2.45) is 0 Å². The van der Waals surface area contributed by atoms with Crippen molar-refractivity contribution in [3.63, 3.8) is 0 Å². The summed E-state index contributed by atoms with van der Waals surface area (Å²) in [6.45, 7) is 1.53. The van der Waals surface area contributed by atoms with Crippen LogP contribution in [0.15, 0.2) is 53.1 Å². The molecule has 1 heterocycles. The average molecular weight is 256 g/mol. The number of Topliss-reactive ketones (excluding diaryl/α,β-unsaturated/α-hetero) is 2. The highest BCUT2D eigenvalue weighted by Gasteiger charge is 2.21. The second-order valence-electron chi connectivity index (χ2n) is 4.61. The third-order valence-corrected chi connectivity index (χ3v) is 3.01. The molecule has 0 aliphatic rings. The maximum atomic E-state index is 12.2. The van der Waals surface area contributed by atoms with Crippen LogP contribution in [0.2, 0.25) is 0 Å². The smallest absolute Gasteiger partial charge is 0.163 e. The summed E-state index contributed by atoms with van der Waals surface area (Å²) in [7, 11) is 0. The van der Waals surface area contributed by atoms with E-state index in [1.54, 1.807) is 24.5 Å². The minimum Gasteiger partial charge on any atom is -0.469 e. The molecule has 2 aromatic rings. The monoisotopic (exact) mass is 256 g/mol. The molecule has 1 unspecified atom stereocenters. The number of ketones is 2. The molecule has 0 radical (unpaired) electrons. The first-order valence-electron chi connectivity index (χ1n) is 6.28. The zero-order valence-corrected chi connectivity index (χ0v) is 10.8. The Bertz CT molecular complexity index is 541. The summed E-state index contributed by atoms with van der Waals surface area (Å²) in [4.78, 5) is 23.5. The minimum absolute atomic E-state index is 0.0308. The summed E-state index contributed by atoms with van der Waals surface area (Å²) in [5.41, 5.74) is 0.669. The second kappa shape index (κ2) is 6.14. The molecule has 0 aliphatic heterocycles. The average Bonchev–Trinajstić information content (AvgIpc) is 2.92. The van der Waals surface area contributed by atoms with Crippen LogP contribution in [0.1, 0.15) is 41.8 Å². The summed E-state index contributed by atoms with van der Waals surface area (Å²) in [6.07, 6.45) is 2.18. The largest absolute Gasteiger partial charge is 0.469 e. The quantitative estimate of drug-likeness (QED) is 0.742. The Labute approximate surface area is 112 Å². The molecule has 2 rings (SSSR count). The molecule has 1 atom stereocenters. The summed E-state index contributed by atoms with van der Waals surface area (Å²) < 4.78 is 5.33. The molecule has 0 amide bonds. The molecule has 0 spiro atoms. The van der Waals surface area contributed by atoms with Gasteiger partial charge < -0.3 is 9.21 Å². The van der Waals surface area contributed by atoms with Gasteiger partial charge in [0.2, 0.25) is 0 Å². The van der Waals surface area contributed by atoms with E-state index in [4.69, 9.17) is 4.42 Å². The molecule has 0 saturated heterocycles. The molecular formula is C16H16O3. The maximum absolute atomic E-state index is 12.2. The van der Waals surface area contributed by atoms with E-state index in [0.29, 0.717) is 17.7 Å². The Kier molecular flexibility index (Phi) is 4.29. The van der Waals surface area contributed by atoms with Crippen LogP contribution in [0, 0.1) is 0 Å². The van der Waals surface area contributed by atoms with Gasteiger partial charge in [0.25, 0.3) is 0 Å². The summed E-state index contributed by atoms with van der Waals surface area (Å²) in [5.74, 6) is 0.602. The number of rotatable bonds is 6. The zero-order chi connectivity index (χ0) is 13.7. The predicted molar refractivity (Wildman–Crippen MR) is 72.1 cm³/mol. The van der Waals surface area contributed by atoms with E-state index < -0.39 is 0 Å². The van der Waals surface area contributed by atoms with Gasteiger partial charge in [-0.3, -0.25) is 4.79 Å². The van der Waals surface area contributed by atoms with Gasteiger partial charge in [0.05, 0.1) is 6.26 Å². The van der Waals surface area contributed by atoms with Crippen molar-refractivity contribution in [1.29, 1.82) is 0 Å². The van der Waals surface area contributed by atoms with Crippen LogP contribution in [-0.4, -0.2) is 11.6 Å². The first-order valence-corrected chi connectivity index (χ1v) is 6.28. The molecule has 3 heteroatoms. The van der Waals surface area contributed by atoms with E-state index in [9.17, 15) is 9.59 Å². The molecule has 19 heavy (non-hydrogen) atoms. The lowest BCUT2D eigenvalue weighted by Gasteiger charge is -2.12. The third-order valence-electron chi connectivity index (χ3n) is 3.01. The van der Waals surface area contributed by atoms with Gasteiger partial charge >= 0.3 is 0 Å². The molecular weight excluding hydrogens is 240 g/mol. The van der Waals surface area contributed by atoms with Crippen molar-refractivity contribution in [3.05, 3.63) is 60.1 Å². The fraction of sp³-hybridized carbons (Fsp3) is 0.250. The zero-order valence-electron chi connectivity index (χ0n) is 10.8. The standard InChI is InChI=1S/C16H16O3/c1-12(17)10-14(16-8-5-9-19-16)11-15(18)13-6-3-2-4-7-13/h2-9,14H,10-11H2,1H3. The van der Waals surface area contributed by atoms with Crippen molar-refractivity contribution in [3.8, 4) is 0 Å². The van der Waals surface area contributed by atoms with Crippen LogP contribution < -0.4 is 0 Å². The van der Waals surface area contributed by atoms with Crippen LogP contribution in [-0.2, 0) is 4.79 Å². The Balaban J connectivity index is 2.12. The molecule has 1 aromatic heterocycles. The van der Waals surface area contributed by atoms with Crippen LogP contribution in [0.3, 0.4) is 0 Å². The molecule has 98 valence electrons. The number of benzene rings is 1. The molecule has 0 N–H and O–H groups in total. The first-order chi connectivity index (χ1) is 9.16. The van der Waals surface area contributed by atoms with Gasteiger partial charge in [-0.25, -0.2) is 0 Å². The van der Waals surface area contributed by atoms with Gasteiger partial charge in [0.1, 0.15) is 11.5 Å². The van der Waals surface area contributed by atoms with Crippen LogP contribution >= 0.6 is 0 Å². The lowest BCUT2D eigenvalue weighted by molar-refractivity contribution is -0.117. The molecule has 1 aromatic carbocycles. The minimum atomic E-state index is -0.180. The van der Waals surface area contributed by atoms with Crippen molar-refractivity contribution in [1.82, 2.24) is 0 Å². The molecule has 0 aliphatic carbocycles. The van der Waals surface area contributed by atoms with Gasteiger partial charge in [-0.1, -0.05) is 30.3 Å². The summed E-state index contributed by atoms with van der Waals surface area (Å²) in [5, 5.41) is 0. The highest BCUT2D eigenvalue weighted by molar-refractivity contribution is 5.96. The van der Waals surface area contributed by atoms with E-state index in [2.05, 4.69) is 0 Å². The lowest BCUT2D eigenvalue weighted by atomic mass is 9.92. The van der Waals surface area contributed by atoms with Gasteiger partial charge in [-0.05, 0) is 19.1 Å². The van der Waals surface area contributed by atoms with Gasteiger partial charge in [-0.2, -0.15) is 0 Å². The summed E-state index contributed by atoms with van der Waals surface area (Å²) in [6, 6.07) is 12.7. The number of hydrogen-bond acceptors (Lipinski definition) is 3. The topological polar surface area (TPSA) is 47.3 Å². The highest BCUT2D eigenvalue weighted by atomic mass is 16.3. The van der Waals surface area contributed by atoms with E-state index in [-0.39, 0.29) is 23.9 Å². The van der Waals surface area contributed by atoms with Gasteiger partial charge in [0, 0.05) is 24.3 Å². The fourth-order valence-corrected chi connectivity index (χ4v) is 2.11. The van der Waals surface area contributed by atoms with E-state index in [0.717, 1.165) is 0 Å². The lowest BCUT2D eigenvalue weighted by Crippen LogP contribution is -2.10. The van der Waals surface area contributed by atoms with Crippen LogP contribution in [0.5, 0.6) is 0 Å². The normalized spacial score (nSPS) is 12.1. The Morgan fingerprint density at radius 3 is 2.37 bits per heavy atom. The number of furan rings is 1. The van der Waals surface area contributed by atoms with E-state index >= 15 is 0 Å². The maximum Gasteiger partial charge on any atom is 0.163 e. The van der Waals surface area contributed by atoms with Crippen molar-refractivity contribution in [2.75, 3.05) is 0 Å². The van der Waals surface area contributed by atoms with Crippen molar-refractivity contribution >= 4 is 11.6 Å². The Morgan fingerprint density at radius 2 is 1.79 bits per heavy atom. The Hall–Kier alpha value is -2.16. The van der Waals surface area contributed by atoms with Gasteiger partial charge in [0.15, 0.2) is 5.78 Å². The SMILES string of the molecule is CC(=O)CC(CC(=O)c1ccccc1)c1ccco1. The number of carbonyl (C=O) groups is 2. The number of hydrogen-bond donors (Lipinski definition) is 0. The van der Waals surface area contributed by atoms with E-state index in [1.165, 1.54) is 6.92 Å².